The molecule has 1 heterocycles. The van der Waals surface area contributed by atoms with Crippen molar-refractivity contribution in [3.8, 4) is 11.3 Å². The molecule has 0 spiro atoms. The van der Waals surface area contributed by atoms with Gasteiger partial charge < -0.3 is 4.90 Å². The van der Waals surface area contributed by atoms with Crippen LogP contribution in [0.4, 0.5) is 0 Å². The molecule has 0 fully saturated rings. The molecule has 0 aliphatic rings. The third-order valence-corrected chi connectivity index (χ3v) is 3.88. The number of Topliss-reactive ketones (excluding diaryl/α,β-unsaturated/α-hetero) is 1. The predicted molar refractivity (Wildman–Crippen MR) is 79.7 cm³/mol. The van der Waals surface area contributed by atoms with Crippen molar-refractivity contribution >= 4 is 17.1 Å². The van der Waals surface area contributed by atoms with Gasteiger partial charge in [0.15, 0.2) is 5.78 Å². The van der Waals surface area contributed by atoms with Crippen molar-refractivity contribution in [3.05, 3.63) is 39.7 Å². The molecule has 0 bridgehead atoms. The lowest BCUT2D eigenvalue weighted by molar-refractivity contribution is 0.102. The summed E-state index contributed by atoms with van der Waals surface area (Å²) in [5.74, 6) is 0.0836. The van der Waals surface area contributed by atoms with E-state index in [-0.39, 0.29) is 5.78 Å². The molecule has 0 atom stereocenters. The fourth-order valence-electron chi connectivity index (χ4n) is 2.08. The van der Waals surface area contributed by atoms with Gasteiger partial charge >= 0.3 is 0 Å². The molecule has 3 nitrogen and oxygen atoms in total. The summed E-state index contributed by atoms with van der Waals surface area (Å²) in [7, 11) is 4.07. The lowest BCUT2D eigenvalue weighted by Gasteiger charge is -2.13. The molecule has 1 aromatic carbocycles. The molecule has 19 heavy (non-hydrogen) atoms. The molecule has 4 heteroatoms. The van der Waals surface area contributed by atoms with E-state index < -0.39 is 0 Å². The summed E-state index contributed by atoms with van der Waals surface area (Å²) in [6.07, 6.45) is 0. The van der Waals surface area contributed by atoms with Crippen LogP contribution in [0.1, 0.15) is 27.2 Å². The van der Waals surface area contributed by atoms with Crippen LogP contribution in [-0.4, -0.2) is 29.8 Å². The molecule has 1 aromatic heterocycles. The Morgan fingerprint density at radius 3 is 2.63 bits per heavy atom. The second kappa shape index (κ2) is 5.63. The van der Waals surface area contributed by atoms with Gasteiger partial charge in [-0.25, -0.2) is 4.98 Å². The number of ketones is 1. The van der Waals surface area contributed by atoms with Crippen LogP contribution in [0.25, 0.3) is 11.3 Å². The fourth-order valence-corrected chi connectivity index (χ4v) is 2.91. The van der Waals surface area contributed by atoms with E-state index in [1.54, 1.807) is 6.92 Å². The minimum atomic E-state index is 0.0836. The van der Waals surface area contributed by atoms with Crippen molar-refractivity contribution in [1.29, 1.82) is 0 Å². The molecule has 0 amide bonds. The first-order chi connectivity index (χ1) is 8.99. The van der Waals surface area contributed by atoms with Crippen molar-refractivity contribution in [2.24, 2.45) is 0 Å². The number of nitrogens with zero attached hydrogens (tertiary/aromatic N) is 2. The lowest BCUT2D eigenvalue weighted by Crippen LogP contribution is -2.11. The maximum absolute atomic E-state index is 11.7. The van der Waals surface area contributed by atoms with Crippen LogP contribution in [-0.2, 0) is 6.54 Å². The van der Waals surface area contributed by atoms with Crippen molar-refractivity contribution in [3.63, 3.8) is 0 Å². The van der Waals surface area contributed by atoms with E-state index in [2.05, 4.69) is 16.0 Å². The number of carbonyl (C=O) groups is 1. The summed E-state index contributed by atoms with van der Waals surface area (Å²) in [6.45, 7) is 4.38. The minimum Gasteiger partial charge on any atom is -0.305 e. The van der Waals surface area contributed by atoms with Gasteiger partial charge in [0, 0.05) is 19.0 Å². The van der Waals surface area contributed by atoms with Gasteiger partial charge in [-0.1, -0.05) is 24.3 Å². The summed E-state index contributed by atoms with van der Waals surface area (Å²) in [5, 5.41) is 0.930. The smallest absolute Gasteiger partial charge is 0.172 e. The Hall–Kier alpha value is -1.52. The van der Waals surface area contributed by atoms with Gasteiger partial charge in [0.25, 0.3) is 0 Å². The van der Waals surface area contributed by atoms with Crippen LogP contribution in [0.15, 0.2) is 24.3 Å². The van der Waals surface area contributed by atoms with Gasteiger partial charge in [0.2, 0.25) is 0 Å². The first-order valence-electron chi connectivity index (χ1n) is 6.20. The Morgan fingerprint density at radius 2 is 2.00 bits per heavy atom. The summed E-state index contributed by atoms with van der Waals surface area (Å²) >= 11 is 1.47. The number of carbonyl (C=O) groups excluding carboxylic acids is 1. The Labute approximate surface area is 117 Å². The molecule has 2 aromatic rings. The normalized spacial score (nSPS) is 11.0. The van der Waals surface area contributed by atoms with Crippen LogP contribution in [0.3, 0.4) is 0 Å². The summed E-state index contributed by atoms with van der Waals surface area (Å²) < 4.78 is 0. The molecule has 0 aliphatic heterocycles. The van der Waals surface area contributed by atoms with Crippen LogP contribution in [0, 0.1) is 6.92 Å². The highest BCUT2D eigenvalue weighted by atomic mass is 32.1. The topological polar surface area (TPSA) is 33.2 Å². The standard InChI is InChI=1S/C15H18N2OS/c1-10(18)15-14(16-11(2)19-15)13-8-6-5-7-12(13)9-17(3)4/h5-8H,9H2,1-4H3. The van der Waals surface area contributed by atoms with E-state index in [4.69, 9.17) is 0 Å². The second-order valence-corrected chi connectivity index (χ2v) is 6.06. The SMILES string of the molecule is CC(=O)c1sc(C)nc1-c1ccccc1CN(C)C. The van der Waals surface area contributed by atoms with Gasteiger partial charge in [-0.2, -0.15) is 0 Å². The molecule has 100 valence electrons. The zero-order valence-corrected chi connectivity index (χ0v) is 12.5. The van der Waals surface area contributed by atoms with Crippen LogP contribution in [0.5, 0.6) is 0 Å². The van der Waals surface area contributed by atoms with E-state index in [9.17, 15) is 4.79 Å². The predicted octanol–water partition coefficient (Wildman–Crippen LogP) is 3.38. The molecular weight excluding hydrogens is 256 g/mol. The van der Waals surface area contributed by atoms with Gasteiger partial charge in [-0.3, -0.25) is 4.79 Å². The van der Waals surface area contributed by atoms with E-state index in [0.717, 1.165) is 27.7 Å². The van der Waals surface area contributed by atoms with E-state index in [0.29, 0.717) is 0 Å². The number of hydrogen-bond donors (Lipinski definition) is 0. The molecule has 0 N–H and O–H groups in total. The second-order valence-electron chi connectivity index (χ2n) is 4.86. The molecule has 0 aliphatic carbocycles. The summed E-state index contributed by atoms with van der Waals surface area (Å²) in [6, 6.07) is 8.15. The van der Waals surface area contributed by atoms with Crippen molar-refractivity contribution in [1.82, 2.24) is 9.88 Å². The maximum atomic E-state index is 11.7. The molecule has 0 saturated heterocycles. The first-order valence-corrected chi connectivity index (χ1v) is 7.02. The average molecular weight is 274 g/mol. The van der Waals surface area contributed by atoms with Gasteiger partial charge in [0.1, 0.15) is 0 Å². The Bertz CT molecular complexity index is 602. The minimum absolute atomic E-state index is 0.0836. The van der Waals surface area contributed by atoms with E-state index in [1.807, 2.05) is 39.2 Å². The molecule has 0 radical (unpaired) electrons. The number of thiazole rings is 1. The number of hydrogen-bond acceptors (Lipinski definition) is 4. The van der Waals surface area contributed by atoms with Crippen LogP contribution >= 0.6 is 11.3 Å². The third-order valence-electron chi connectivity index (χ3n) is 2.81. The highest BCUT2D eigenvalue weighted by Crippen LogP contribution is 2.31. The van der Waals surface area contributed by atoms with Gasteiger partial charge in [0.05, 0.1) is 15.6 Å². The number of rotatable bonds is 4. The Kier molecular flexibility index (Phi) is 4.12. The van der Waals surface area contributed by atoms with Crippen LogP contribution in [0.2, 0.25) is 0 Å². The zero-order valence-electron chi connectivity index (χ0n) is 11.7. The molecule has 2 rings (SSSR count). The van der Waals surface area contributed by atoms with Gasteiger partial charge in [-0.05, 0) is 26.6 Å². The highest BCUT2D eigenvalue weighted by molar-refractivity contribution is 7.14. The van der Waals surface area contributed by atoms with Crippen molar-refractivity contribution in [2.75, 3.05) is 14.1 Å². The van der Waals surface area contributed by atoms with E-state index >= 15 is 0 Å². The summed E-state index contributed by atoms with van der Waals surface area (Å²) in [4.78, 5) is 19.2. The van der Waals surface area contributed by atoms with E-state index in [1.165, 1.54) is 16.9 Å². The largest absolute Gasteiger partial charge is 0.305 e. The highest BCUT2D eigenvalue weighted by Gasteiger charge is 2.17. The molecular formula is C15H18N2OS. The molecule has 0 saturated carbocycles. The first kappa shape index (κ1) is 13.9. The quantitative estimate of drug-likeness (QED) is 0.801. The monoisotopic (exact) mass is 274 g/mol. The Morgan fingerprint density at radius 1 is 1.32 bits per heavy atom. The number of aromatic nitrogens is 1. The molecule has 0 unspecified atom stereocenters. The van der Waals surface area contributed by atoms with Crippen molar-refractivity contribution < 1.29 is 4.79 Å². The third kappa shape index (κ3) is 3.08. The lowest BCUT2D eigenvalue weighted by atomic mass is 10.0. The maximum Gasteiger partial charge on any atom is 0.172 e. The van der Waals surface area contributed by atoms with Gasteiger partial charge in [-0.15, -0.1) is 11.3 Å². The average Bonchev–Trinajstić information content (AvgIpc) is 2.71. The fraction of sp³-hybridized carbons (Fsp3) is 0.333. The summed E-state index contributed by atoms with van der Waals surface area (Å²) in [5.41, 5.74) is 3.08. The number of benzene rings is 1. The zero-order chi connectivity index (χ0) is 14.0. The van der Waals surface area contributed by atoms with Crippen LogP contribution < -0.4 is 0 Å². The van der Waals surface area contributed by atoms with Crippen molar-refractivity contribution in [2.45, 2.75) is 20.4 Å². The Balaban J connectivity index is 2.55. The number of aryl methyl sites for hydroxylation is 1.